The number of nitriles is 1. The van der Waals surface area contributed by atoms with Crippen LogP contribution in [0.4, 0.5) is 10.1 Å². The summed E-state index contributed by atoms with van der Waals surface area (Å²) in [6, 6.07) is 6.37. The molecule has 7 heteroatoms. The average Bonchev–Trinajstić information content (AvgIpc) is 2.87. The van der Waals surface area contributed by atoms with E-state index in [4.69, 9.17) is 5.26 Å². The fraction of sp³-hybridized carbons (Fsp3) is 0.200. The van der Waals surface area contributed by atoms with Gasteiger partial charge in [0, 0.05) is 37.5 Å². The first kappa shape index (κ1) is 15.9. The highest BCUT2D eigenvalue weighted by Crippen LogP contribution is 2.25. The lowest BCUT2D eigenvalue weighted by atomic mass is 10.1. The van der Waals surface area contributed by atoms with Crippen molar-refractivity contribution >= 4 is 34.3 Å². The number of allylic oxidation sites excluding steroid dienone is 1. The Labute approximate surface area is 131 Å². The van der Waals surface area contributed by atoms with Crippen LogP contribution in [0.2, 0.25) is 0 Å². The lowest BCUT2D eigenvalue weighted by Crippen LogP contribution is -2.09. The van der Waals surface area contributed by atoms with E-state index in [1.54, 1.807) is 37.4 Å². The lowest BCUT2D eigenvalue weighted by molar-refractivity contribution is 0.103. The second-order valence-electron chi connectivity index (χ2n) is 4.86. The first-order valence-electron chi connectivity index (χ1n) is 6.40. The summed E-state index contributed by atoms with van der Waals surface area (Å²) in [4.78, 5) is 16.9. The molecule has 0 amide bonds. The molecular weight excluding hydrogens is 303 g/mol. The molecule has 0 bridgehead atoms. The summed E-state index contributed by atoms with van der Waals surface area (Å²) in [7, 11) is 3.46. The smallest absolute Gasteiger partial charge is 0.221 e. The summed E-state index contributed by atoms with van der Waals surface area (Å²) in [6.07, 6.45) is 3.24. The zero-order chi connectivity index (χ0) is 16.3. The van der Waals surface area contributed by atoms with E-state index < -0.39 is 11.6 Å². The molecule has 2 rings (SSSR count). The predicted molar refractivity (Wildman–Crippen MR) is 87.1 cm³/mol. The molecule has 5 nitrogen and oxygen atoms in total. The van der Waals surface area contributed by atoms with E-state index in [1.807, 2.05) is 6.07 Å². The van der Waals surface area contributed by atoms with Gasteiger partial charge in [-0.1, -0.05) is 11.9 Å². The molecule has 0 spiro atoms. The largest absolute Gasteiger partial charge is 0.382 e. The normalized spacial score (nSPS) is 11.3. The first-order chi connectivity index (χ1) is 10.5. The molecule has 0 saturated heterocycles. The van der Waals surface area contributed by atoms with Crippen LogP contribution in [0.25, 0.3) is 10.9 Å². The number of aromatic nitrogens is 1. The molecule has 2 N–H and O–H groups in total. The van der Waals surface area contributed by atoms with Gasteiger partial charge >= 0.3 is 0 Å². The summed E-state index contributed by atoms with van der Waals surface area (Å²) >= 11 is 1.28. The van der Waals surface area contributed by atoms with E-state index in [1.165, 1.54) is 24.2 Å². The Morgan fingerprint density at radius 1 is 1.45 bits per heavy atom. The van der Waals surface area contributed by atoms with Crippen molar-refractivity contribution in [3.05, 3.63) is 41.5 Å². The van der Waals surface area contributed by atoms with Crippen molar-refractivity contribution < 1.29 is 9.18 Å². The number of aromatic amines is 1. The van der Waals surface area contributed by atoms with Crippen LogP contribution >= 0.6 is 11.9 Å². The molecule has 1 aromatic carbocycles. The van der Waals surface area contributed by atoms with Crippen LogP contribution in [-0.4, -0.2) is 36.0 Å². The molecule has 0 saturated carbocycles. The average molecular weight is 318 g/mol. The zero-order valence-electron chi connectivity index (χ0n) is 12.4. The van der Waals surface area contributed by atoms with Gasteiger partial charge < -0.3 is 14.6 Å². The number of H-pyrrole nitrogens is 1. The molecule has 0 aliphatic heterocycles. The van der Waals surface area contributed by atoms with Crippen molar-refractivity contribution in [3.63, 3.8) is 0 Å². The maximum atomic E-state index is 13.9. The molecule has 1 aromatic heterocycles. The summed E-state index contributed by atoms with van der Waals surface area (Å²) in [5, 5.41) is 9.67. The Morgan fingerprint density at radius 3 is 2.77 bits per heavy atom. The SMILES string of the molecule is CSNc1cc2[nH]c(C(=O)/C(C#N)=C/N(C)C)cc2cc1F. The fourth-order valence-electron chi connectivity index (χ4n) is 2.01. The number of carbonyl (C=O) groups excluding carboxylic acids is 1. The Hall–Kier alpha value is -2.46. The monoisotopic (exact) mass is 318 g/mol. The number of carbonyl (C=O) groups is 1. The number of rotatable bonds is 5. The number of hydrogen-bond acceptors (Lipinski definition) is 5. The van der Waals surface area contributed by atoms with Gasteiger partial charge in [-0.25, -0.2) is 4.39 Å². The van der Waals surface area contributed by atoms with Crippen LogP contribution < -0.4 is 4.72 Å². The highest BCUT2D eigenvalue weighted by atomic mass is 32.2. The minimum absolute atomic E-state index is 0.0134. The van der Waals surface area contributed by atoms with E-state index in [-0.39, 0.29) is 11.3 Å². The summed E-state index contributed by atoms with van der Waals surface area (Å²) in [5.74, 6) is -0.823. The van der Waals surface area contributed by atoms with Crippen molar-refractivity contribution in [2.45, 2.75) is 0 Å². The molecule has 22 heavy (non-hydrogen) atoms. The molecule has 0 aliphatic rings. The lowest BCUT2D eigenvalue weighted by Gasteiger charge is -2.04. The minimum Gasteiger partial charge on any atom is -0.382 e. The quantitative estimate of drug-likeness (QED) is 0.383. The van der Waals surface area contributed by atoms with Gasteiger partial charge in [-0.15, -0.1) is 0 Å². The van der Waals surface area contributed by atoms with E-state index in [2.05, 4.69) is 9.71 Å². The van der Waals surface area contributed by atoms with Gasteiger partial charge in [-0.2, -0.15) is 5.26 Å². The van der Waals surface area contributed by atoms with E-state index in [9.17, 15) is 9.18 Å². The van der Waals surface area contributed by atoms with Gasteiger partial charge in [0.15, 0.2) is 0 Å². The standard InChI is InChI=1S/C15H15FN4OS/c1-20(2)8-10(7-17)15(21)14-5-9-4-11(16)13(19-22-3)6-12(9)18-14/h4-6,8,18-19H,1-3H3/b10-8+. The van der Waals surface area contributed by atoms with E-state index in [0.717, 1.165) is 0 Å². The maximum Gasteiger partial charge on any atom is 0.221 e. The molecule has 114 valence electrons. The third-order valence-corrected chi connectivity index (χ3v) is 3.34. The molecule has 0 atom stereocenters. The number of hydrogen-bond donors (Lipinski definition) is 2. The minimum atomic E-state index is -0.424. The molecule has 0 unspecified atom stereocenters. The number of halogens is 1. The Bertz CT molecular complexity index is 789. The van der Waals surface area contributed by atoms with Crippen LogP contribution in [-0.2, 0) is 0 Å². The fourth-order valence-corrected chi connectivity index (χ4v) is 2.38. The molecule has 0 aliphatic carbocycles. The highest BCUT2D eigenvalue weighted by Gasteiger charge is 2.16. The van der Waals surface area contributed by atoms with Gasteiger partial charge in [-0.05, 0) is 18.2 Å². The third kappa shape index (κ3) is 3.23. The summed E-state index contributed by atoms with van der Waals surface area (Å²) < 4.78 is 16.7. The number of nitrogens with zero attached hydrogens (tertiary/aromatic N) is 2. The number of nitrogens with one attached hydrogen (secondary N) is 2. The topological polar surface area (TPSA) is 71.9 Å². The van der Waals surface area contributed by atoms with Crippen molar-refractivity contribution in [1.82, 2.24) is 9.88 Å². The first-order valence-corrected chi connectivity index (χ1v) is 7.63. The van der Waals surface area contributed by atoms with Crippen molar-refractivity contribution in [1.29, 1.82) is 5.26 Å². The van der Waals surface area contributed by atoms with Crippen LogP contribution in [0, 0.1) is 17.1 Å². The molecule has 0 fully saturated rings. The second-order valence-corrected chi connectivity index (χ2v) is 5.47. The summed E-state index contributed by atoms with van der Waals surface area (Å²) in [5.41, 5.74) is 1.23. The Morgan fingerprint density at radius 2 is 2.18 bits per heavy atom. The number of benzene rings is 1. The third-order valence-electron chi connectivity index (χ3n) is 2.92. The van der Waals surface area contributed by atoms with Crippen LogP contribution in [0.5, 0.6) is 0 Å². The Kier molecular flexibility index (Phi) is 4.73. The molecular formula is C15H15FN4OS. The van der Waals surface area contributed by atoms with Gasteiger partial charge in [0.2, 0.25) is 5.78 Å². The zero-order valence-corrected chi connectivity index (χ0v) is 13.2. The second kappa shape index (κ2) is 6.54. The number of Topliss-reactive ketones (excluding diaryl/α,β-unsaturated/α-hetero) is 1. The number of fused-ring (bicyclic) bond motifs is 1. The van der Waals surface area contributed by atoms with Crippen molar-refractivity contribution in [2.75, 3.05) is 25.1 Å². The van der Waals surface area contributed by atoms with Gasteiger partial charge in [0.25, 0.3) is 0 Å². The maximum absolute atomic E-state index is 13.9. The van der Waals surface area contributed by atoms with Crippen LogP contribution in [0.15, 0.2) is 30.0 Å². The van der Waals surface area contributed by atoms with Gasteiger partial charge in [-0.3, -0.25) is 4.79 Å². The van der Waals surface area contributed by atoms with Crippen molar-refractivity contribution in [3.8, 4) is 6.07 Å². The number of anilines is 1. The van der Waals surface area contributed by atoms with E-state index in [0.29, 0.717) is 16.6 Å². The molecule has 2 aromatic rings. The van der Waals surface area contributed by atoms with Crippen LogP contribution in [0.1, 0.15) is 10.5 Å². The van der Waals surface area contributed by atoms with Crippen molar-refractivity contribution in [2.24, 2.45) is 0 Å². The molecule has 1 heterocycles. The highest BCUT2D eigenvalue weighted by molar-refractivity contribution is 7.99. The van der Waals surface area contributed by atoms with E-state index >= 15 is 0 Å². The Balaban J connectivity index is 2.45. The van der Waals surface area contributed by atoms with Crippen LogP contribution in [0.3, 0.4) is 0 Å². The van der Waals surface area contributed by atoms with Gasteiger partial charge in [0.05, 0.1) is 11.4 Å². The number of ketones is 1. The van der Waals surface area contributed by atoms with Gasteiger partial charge in [0.1, 0.15) is 17.5 Å². The predicted octanol–water partition coefficient (Wildman–Crippen LogP) is 3.15. The summed E-state index contributed by atoms with van der Waals surface area (Å²) in [6.45, 7) is 0. The molecule has 0 radical (unpaired) electrons.